The fourth-order valence-corrected chi connectivity index (χ4v) is 4.24. The highest BCUT2D eigenvalue weighted by molar-refractivity contribution is 5.18. The van der Waals surface area contributed by atoms with Gasteiger partial charge in [-0.2, -0.15) is 0 Å². The lowest BCUT2D eigenvalue weighted by molar-refractivity contribution is 0.143. The summed E-state index contributed by atoms with van der Waals surface area (Å²) in [5.74, 6) is 0. The molecule has 2 N–H and O–H groups in total. The molecule has 0 saturated carbocycles. The van der Waals surface area contributed by atoms with Crippen LogP contribution in [-0.2, 0) is 6.42 Å². The molecule has 1 saturated heterocycles. The lowest BCUT2D eigenvalue weighted by atomic mass is 9.73. The Bertz CT molecular complexity index is 885. The Kier molecular flexibility index (Phi) is 21.6. The van der Waals surface area contributed by atoms with Crippen LogP contribution in [-0.4, -0.2) is 44.7 Å². The summed E-state index contributed by atoms with van der Waals surface area (Å²) >= 11 is 0. The topological polar surface area (TPSA) is 27.3 Å². The molecule has 0 amide bonds. The van der Waals surface area contributed by atoms with Crippen molar-refractivity contribution in [2.24, 2.45) is 5.41 Å². The van der Waals surface area contributed by atoms with Gasteiger partial charge < -0.3 is 15.5 Å². The third-order valence-electron chi connectivity index (χ3n) is 7.64. The predicted octanol–water partition coefficient (Wildman–Crippen LogP) is 9.05. The number of unbranched alkanes of at least 4 members (excludes halogenated alkanes) is 1. The fourth-order valence-electron chi connectivity index (χ4n) is 4.24. The molecule has 0 atom stereocenters. The summed E-state index contributed by atoms with van der Waals surface area (Å²) in [7, 11) is 1.98. The van der Waals surface area contributed by atoms with Crippen LogP contribution in [0.5, 0.6) is 0 Å². The number of allylic oxidation sites excluding steroid dienone is 7. The summed E-state index contributed by atoms with van der Waals surface area (Å²) in [6.45, 7) is 33.4. The van der Waals surface area contributed by atoms with E-state index in [4.69, 9.17) is 0 Å². The fraction of sp³-hybridized carbons (Fsp3) is 0.514. The quantitative estimate of drug-likeness (QED) is 0.123. The van der Waals surface area contributed by atoms with Gasteiger partial charge in [-0.15, -0.1) is 6.58 Å². The Morgan fingerprint density at radius 3 is 2.08 bits per heavy atom. The normalized spacial score (nSPS) is 14.5. The Morgan fingerprint density at radius 2 is 1.57 bits per heavy atom. The van der Waals surface area contributed by atoms with E-state index in [0.29, 0.717) is 5.41 Å². The van der Waals surface area contributed by atoms with Crippen molar-refractivity contribution < 1.29 is 0 Å². The van der Waals surface area contributed by atoms with Crippen LogP contribution in [0.4, 0.5) is 0 Å². The first kappa shape index (κ1) is 37.4. The summed E-state index contributed by atoms with van der Waals surface area (Å²) < 4.78 is 0. The molecule has 0 aliphatic carbocycles. The summed E-state index contributed by atoms with van der Waals surface area (Å²) in [4.78, 5) is 2.63. The minimum absolute atomic E-state index is 0.325. The average Bonchev–Trinajstić information content (AvgIpc) is 2.96. The number of piperidine rings is 1. The van der Waals surface area contributed by atoms with Gasteiger partial charge in [0, 0.05) is 25.3 Å². The van der Waals surface area contributed by atoms with E-state index < -0.39 is 0 Å². The zero-order chi connectivity index (χ0) is 30.2. The molecule has 1 heterocycles. The van der Waals surface area contributed by atoms with Crippen molar-refractivity contribution in [2.45, 2.75) is 79.1 Å². The van der Waals surface area contributed by atoms with E-state index in [9.17, 15) is 0 Å². The lowest BCUT2D eigenvalue weighted by Gasteiger charge is -2.41. The summed E-state index contributed by atoms with van der Waals surface area (Å²) in [6.07, 6.45) is 14.9. The average molecular weight is 548 g/mol. The van der Waals surface area contributed by atoms with Gasteiger partial charge in [0.05, 0.1) is 0 Å². The second-order valence-corrected chi connectivity index (χ2v) is 11.2. The highest BCUT2D eigenvalue weighted by atomic mass is 15.1. The molecule has 1 aromatic rings. The van der Waals surface area contributed by atoms with E-state index in [0.717, 1.165) is 44.3 Å². The van der Waals surface area contributed by atoms with Crippen LogP contribution in [0.15, 0.2) is 104 Å². The van der Waals surface area contributed by atoms with Crippen LogP contribution >= 0.6 is 0 Å². The first-order valence-corrected chi connectivity index (χ1v) is 15.2. The summed E-state index contributed by atoms with van der Waals surface area (Å²) in [5.41, 5.74) is 6.80. The maximum Gasteiger partial charge on any atom is 0.0268 e. The van der Waals surface area contributed by atoms with E-state index in [1.165, 1.54) is 67.7 Å². The second kappa shape index (κ2) is 23.1. The molecule has 40 heavy (non-hydrogen) atoms. The molecule has 3 nitrogen and oxygen atoms in total. The molecule has 2 rings (SSSR count). The third-order valence-corrected chi connectivity index (χ3v) is 7.64. The highest BCUT2D eigenvalue weighted by Gasteiger charge is 2.31. The molecule has 1 aromatic carbocycles. The number of nitrogens with one attached hydrogen (secondary N) is 2. The molecule has 1 fully saturated rings. The van der Waals surface area contributed by atoms with Crippen molar-refractivity contribution in [1.29, 1.82) is 0 Å². The number of benzene rings is 1. The maximum absolute atomic E-state index is 4.48. The molecule has 224 valence electrons. The maximum atomic E-state index is 4.48. The zero-order valence-corrected chi connectivity index (χ0v) is 26.8. The molecule has 0 bridgehead atoms. The van der Waals surface area contributed by atoms with Crippen molar-refractivity contribution in [1.82, 2.24) is 15.5 Å². The van der Waals surface area contributed by atoms with Gasteiger partial charge in [-0.25, -0.2) is 0 Å². The van der Waals surface area contributed by atoms with Crippen molar-refractivity contribution in [3.05, 3.63) is 109 Å². The Hall–Kier alpha value is -2.62. The van der Waals surface area contributed by atoms with Gasteiger partial charge in [0.1, 0.15) is 0 Å². The van der Waals surface area contributed by atoms with Gasteiger partial charge in [0.25, 0.3) is 0 Å². The largest absolute Gasteiger partial charge is 0.388 e. The Labute approximate surface area is 248 Å². The van der Waals surface area contributed by atoms with E-state index in [1.807, 2.05) is 27.0 Å². The molecule has 1 aliphatic heterocycles. The van der Waals surface area contributed by atoms with Gasteiger partial charge in [0.2, 0.25) is 0 Å². The smallest absolute Gasteiger partial charge is 0.0268 e. The molecule has 0 radical (unpaired) electrons. The first-order valence-electron chi connectivity index (χ1n) is 15.2. The van der Waals surface area contributed by atoms with Gasteiger partial charge >= 0.3 is 0 Å². The van der Waals surface area contributed by atoms with Crippen molar-refractivity contribution in [3.8, 4) is 0 Å². The zero-order valence-electron chi connectivity index (χ0n) is 26.8. The van der Waals surface area contributed by atoms with E-state index >= 15 is 0 Å². The van der Waals surface area contributed by atoms with Crippen LogP contribution in [0.25, 0.3) is 0 Å². The van der Waals surface area contributed by atoms with Gasteiger partial charge in [0.15, 0.2) is 0 Å². The molecular weight excluding hydrogens is 486 g/mol. The minimum atomic E-state index is 0.325. The van der Waals surface area contributed by atoms with Crippen LogP contribution in [0, 0.1) is 5.41 Å². The predicted molar refractivity (Wildman–Crippen MR) is 182 cm³/mol. The van der Waals surface area contributed by atoms with Crippen LogP contribution < -0.4 is 10.6 Å². The first-order chi connectivity index (χ1) is 19.1. The summed E-state index contributed by atoms with van der Waals surface area (Å²) in [6, 6.07) is 10.8. The van der Waals surface area contributed by atoms with Crippen molar-refractivity contribution >= 4 is 0 Å². The molecule has 1 aliphatic rings. The highest BCUT2D eigenvalue weighted by Crippen LogP contribution is 2.39. The Balaban J connectivity index is 0.00000106. The van der Waals surface area contributed by atoms with E-state index in [1.54, 1.807) is 12.2 Å². The number of likely N-dealkylation sites (N-methyl/N-ethyl adjacent to an activating group) is 1. The number of hydrogen-bond acceptors (Lipinski definition) is 3. The molecule has 3 heteroatoms. The van der Waals surface area contributed by atoms with Gasteiger partial charge in [-0.3, -0.25) is 0 Å². The van der Waals surface area contributed by atoms with Crippen molar-refractivity contribution in [3.63, 3.8) is 0 Å². The number of likely N-dealkylation sites (tertiary alicyclic amines) is 1. The summed E-state index contributed by atoms with van der Waals surface area (Å²) in [5, 5.41) is 6.53. The Morgan fingerprint density at radius 1 is 0.975 bits per heavy atom. The number of rotatable bonds is 16. The third kappa shape index (κ3) is 18.6. The van der Waals surface area contributed by atoms with Crippen LogP contribution in [0.2, 0.25) is 0 Å². The molecule has 0 unspecified atom stereocenters. The van der Waals surface area contributed by atoms with Crippen molar-refractivity contribution in [2.75, 3.05) is 39.8 Å². The monoisotopic (exact) mass is 547 g/mol. The molecule has 0 spiro atoms. The van der Waals surface area contributed by atoms with Gasteiger partial charge in [-0.1, -0.05) is 105 Å². The minimum Gasteiger partial charge on any atom is -0.388 e. The van der Waals surface area contributed by atoms with E-state index in [2.05, 4.69) is 92.6 Å². The van der Waals surface area contributed by atoms with E-state index in [-0.39, 0.29) is 0 Å². The molecule has 0 aromatic heterocycles. The van der Waals surface area contributed by atoms with Crippen LogP contribution in [0.3, 0.4) is 0 Å². The molecular formula is C37H61N3. The lowest BCUT2D eigenvalue weighted by Crippen LogP contribution is -2.40. The van der Waals surface area contributed by atoms with Crippen LogP contribution in [0.1, 0.15) is 78.2 Å². The number of hydrogen-bond donors (Lipinski definition) is 2. The SMILES string of the molecule is C=C(C)CC.C=C(CCCCC(=C)C1(C)CCN(CCc2ccccc2)CC1)NCCNC.C=C/C=C(/C)C=C. The van der Waals surface area contributed by atoms with Gasteiger partial charge in [-0.05, 0) is 96.3 Å². The second-order valence-electron chi connectivity index (χ2n) is 11.2. The number of nitrogens with zero attached hydrogens (tertiary/aromatic N) is 1. The standard InChI is InChI=1S/C25H41N3.C7H10.C5H10/c1-22(10-8-9-11-23(2)27-18-17-26-4)25(3)15-20-28(21-16-25)19-14-24-12-6-5-7-13-24;1-4-6-7(3)5-2;1-4-5(2)3/h5-7,12-13,26-27H,1-2,8-11,14-21H2,3-4H3;4-6H,1-2H2,3H3;2,4H2,1,3H3/b;7-6-;.